The van der Waals surface area contributed by atoms with Crippen molar-refractivity contribution in [1.29, 1.82) is 0 Å². The Morgan fingerprint density at radius 3 is 2.57 bits per heavy atom. The number of ether oxygens (including phenoxy) is 2. The minimum Gasteiger partial charge on any atom is -0.487 e. The van der Waals surface area contributed by atoms with Gasteiger partial charge in [0.05, 0.1) is 18.4 Å². The fraction of sp³-hybridized carbons (Fsp3) is 0.133. The molecule has 2 N–H and O–H groups in total. The predicted molar refractivity (Wildman–Crippen MR) is 72.9 cm³/mol. The van der Waals surface area contributed by atoms with Gasteiger partial charge in [-0.3, -0.25) is 0 Å². The third-order valence-electron chi connectivity index (χ3n) is 2.81. The lowest BCUT2D eigenvalue weighted by Gasteiger charge is -2.10. The number of anilines is 1. The molecule has 0 saturated carbocycles. The Morgan fingerprint density at radius 2 is 1.90 bits per heavy atom. The van der Waals surface area contributed by atoms with Gasteiger partial charge in [-0.05, 0) is 35.9 Å². The van der Waals surface area contributed by atoms with Gasteiger partial charge in [0.25, 0.3) is 0 Å². The molecule has 2 aromatic rings. The van der Waals surface area contributed by atoms with Crippen molar-refractivity contribution < 1.29 is 23.0 Å². The minimum atomic E-state index is -0.951. The molecule has 0 spiro atoms. The van der Waals surface area contributed by atoms with E-state index in [4.69, 9.17) is 10.5 Å². The van der Waals surface area contributed by atoms with E-state index in [2.05, 4.69) is 4.74 Å². The Labute approximate surface area is 120 Å². The fourth-order valence-corrected chi connectivity index (χ4v) is 1.69. The van der Waals surface area contributed by atoms with Crippen LogP contribution in [0.25, 0.3) is 0 Å². The summed E-state index contributed by atoms with van der Waals surface area (Å²) in [6.07, 6.45) is 0. The molecule has 2 aromatic carbocycles. The summed E-state index contributed by atoms with van der Waals surface area (Å²) in [4.78, 5) is 11.4. The molecule has 110 valence electrons. The van der Waals surface area contributed by atoms with Crippen molar-refractivity contribution in [3.8, 4) is 5.75 Å². The number of hydrogen-bond donors (Lipinski definition) is 1. The van der Waals surface area contributed by atoms with Crippen LogP contribution in [-0.4, -0.2) is 13.1 Å². The lowest BCUT2D eigenvalue weighted by atomic mass is 10.2. The summed E-state index contributed by atoms with van der Waals surface area (Å²) in [5.41, 5.74) is 6.79. The van der Waals surface area contributed by atoms with E-state index in [0.29, 0.717) is 11.3 Å². The van der Waals surface area contributed by atoms with Gasteiger partial charge in [0.2, 0.25) is 0 Å². The highest BCUT2D eigenvalue weighted by Crippen LogP contribution is 2.24. The molecule has 6 heteroatoms. The van der Waals surface area contributed by atoms with Crippen LogP contribution in [0.15, 0.2) is 36.4 Å². The number of carbonyl (C=O) groups is 1. The number of carbonyl (C=O) groups excluding carboxylic acids is 1. The van der Waals surface area contributed by atoms with E-state index in [0.717, 1.165) is 12.1 Å². The van der Waals surface area contributed by atoms with Gasteiger partial charge in [0, 0.05) is 0 Å². The number of hydrogen-bond acceptors (Lipinski definition) is 4. The zero-order chi connectivity index (χ0) is 15.4. The largest absolute Gasteiger partial charge is 0.487 e. The molecule has 0 aliphatic rings. The SMILES string of the molecule is COC(=O)c1ccc(N)c(OCc2ccc(F)c(F)c2)c1. The Balaban J connectivity index is 2.15. The molecule has 0 radical (unpaired) electrons. The quantitative estimate of drug-likeness (QED) is 0.695. The molecule has 0 heterocycles. The number of nitrogen functional groups attached to an aromatic ring is 1. The first-order chi connectivity index (χ1) is 10.0. The molecular weight excluding hydrogens is 280 g/mol. The molecule has 2 rings (SSSR count). The van der Waals surface area contributed by atoms with Crippen LogP contribution in [-0.2, 0) is 11.3 Å². The van der Waals surface area contributed by atoms with Gasteiger partial charge in [-0.25, -0.2) is 13.6 Å². The van der Waals surface area contributed by atoms with Gasteiger partial charge in [0.1, 0.15) is 12.4 Å². The van der Waals surface area contributed by atoms with Crippen molar-refractivity contribution in [1.82, 2.24) is 0 Å². The Morgan fingerprint density at radius 1 is 1.14 bits per heavy atom. The van der Waals surface area contributed by atoms with Crippen molar-refractivity contribution in [2.45, 2.75) is 6.61 Å². The van der Waals surface area contributed by atoms with Crippen LogP contribution in [0.4, 0.5) is 14.5 Å². The monoisotopic (exact) mass is 293 g/mol. The van der Waals surface area contributed by atoms with Gasteiger partial charge < -0.3 is 15.2 Å². The molecule has 0 aromatic heterocycles. The Bertz CT molecular complexity index is 674. The average Bonchev–Trinajstić information content (AvgIpc) is 2.49. The maximum atomic E-state index is 13.1. The molecule has 0 amide bonds. The van der Waals surface area contributed by atoms with E-state index in [-0.39, 0.29) is 17.9 Å². The zero-order valence-electron chi connectivity index (χ0n) is 11.2. The van der Waals surface area contributed by atoms with Crippen molar-refractivity contribution >= 4 is 11.7 Å². The van der Waals surface area contributed by atoms with Crippen LogP contribution >= 0.6 is 0 Å². The fourth-order valence-electron chi connectivity index (χ4n) is 1.69. The Kier molecular flexibility index (Phi) is 4.37. The van der Waals surface area contributed by atoms with Crippen molar-refractivity contribution in [2.75, 3.05) is 12.8 Å². The molecular formula is C15H13F2NO3. The average molecular weight is 293 g/mol. The molecule has 0 bridgehead atoms. The number of methoxy groups -OCH3 is 1. The predicted octanol–water partition coefficient (Wildman–Crippen LogP) is 2.91. The van der Waals surface area contributed by atoms with Crippen LogP contribution in [0.2, 0.25) is 0 Å². The highest BCUT2D eigenvalue weighted by molar-refractivity contribution is 5.90. The van der Waals surface area contributed by atoms with E-state index in [1.165, 1.54) is 31.4 Å². The maximum absolute atomic E-state index is 13.1. The second-order valence-corrected chi connectivity index (χ2v) is 4.28. The van der Waals surface area contributed by atoms with E-state index >= 15 is 0 Å². The maximum Gasteiger partial charge on any atom is 0.337 e. The number of rotatable bonds is 4. The topological polar surface area (TPSA) is 61.5 Å². The first-order valence-electron chi connectivity index (χ1n) is 6.06. The lowest BCUT2D eigenvalue weighted by molar-refractivity contribution is 0.0600. The molecule has 0 unspecified atom stereocenters. The van der Waals surface area contributed by atoms with Crippen LogP contribution in [0, 0.1) is 11.6 Å². The second-order valence-electron chi connectivity index (χ2n) is 4.28. The normalized spacial score (nSPS) is 10.2. The standard InChI is InChI=1S/C15H13F2NO3/c1-20-15(19)10-3-5-13(18)14(7-10)21-8-9-2-4-11(16)12(17)6-9/h2-7H,8,18H2,1H3. The van der Waals surface area contributed by atoms with Gasteiger partial charge in [-0.2, -0.15) is 0 Å². The van der Waals surface area contributed by atoms with Crippen LogP contribution in [0.1, 0.15) is 15.9 Å². The molecule has 0 saturated heterocycles. The molecule has 0 aliphatic heterocycles. The van der Waals surface area contributed by atoms with Gasteiger partial charge >= 0.3 is 5.97 Å². The first-order valence-corrected chi connectivity index (χ1v) is 6.06. The van der Waals surface area contributed by atoms with Gasteiger partial charge in [-0.1, -0.05) is 6.07 Å². The van der Waals surface area contributed by atoms with Crippen molar-refractivity contribution in [3.05, 3.63) is 59.2 Å². The third-order valence-corrected chi connectivity index (χ3v) is 2.81. The number of benzene rings is 2. The zero-order valence-corrected chi connectivity index (χ0v) is 11.2. The van der Waals surface area contributed by atoms with E-state index < -0.39 is 17.6 Å². The number of esters is 1. The van der Waals surface area contributed by atoms with E-state index in [1.54, 1.807) is 0 Å². The van der Waals surface area contributed by atoms with Crippen molar-refractivity contribution in [3.63, 3.8) is 0 Å². The second kappa shape index (κ2) is 6.21. The summed E-state index contributed by atoms with van der Waals surface area (Å²) in [6, 6.07) is 7.90. The number of nitrogens with two attached hydrogens (primary N) is 1. The molecule has 0 aliphatic carbocycles. The Hall–Kier alpha value is -2.63. The summed E-state index contributed by atoms with van der Waals surface area (Å²) in [5, 5.41) is 0. The summed E-state index contributed by atoms with van der Waals surface area (Å²) in [7, 11) is 1.26. The van der Waals surface area contributed by atoms with Gasteiger partial charge in [0.15, 0.2) is 11.6 Å². The summed E-state index contributed by atoms with van der Waals surface area (Å²) >= 11 is 0. The first kappa shape index (κ1) is 14.8. The smallest absolute Gasteiger partial charge is 0.337 e. The van der Waals surface area contributed by atoms with Crippen molar-refractivity contribution in [2.24, 2.45) is 0 Å². The summed E-state index contributed by atoms with van der Waals surface area (Å²) in [6.45, 7) is -0.00791. The highest BCUT2D eigenvalue weighted by atomic mass is 19.2. The van der Waals surface area contributed by atoms with E-state index in [9.17, 15) is 13.6 Å². The highest BCUT2D eigenvalue weighted by Gasteiger charge is 2.10. The van der Waals surface area contributed by atoms with E-state index in [1.807, 2.05) is 0 Å². The molecule has 0 fully saturated rings. The van der Waals surface area contributed by atoms with Crippen LogP contribution in [0.3, 0.4) is 0 Å². The third kappa shape index (κ3) is 3.47. The summed E-state index contributed by atoms with van der Waals surface area (Å²) in [5.74, 6) is -2.13. The molecule has 21 heavy (non-hydrogen) atoms. The number of halogens is 2. The van der Waals surface area contributed by atoms with Gasteiger partial charge in [-0.15, -0.1) is 0 Å². The minimum absolute atomic E-state index is 0.00791. The molecule has 4 nitrogen and oxygen atoms in total. The lowest BCUT2D eigenvalue weighted by Crippen LogP contribution is -2.04. The summed E-state index contributed by atoms with van der Waals surface area (Å²) < 4.78 is 35.9. The molecule has 0 atom stereocenters. The van der Waals surface area contributed by atoms with Crippen LogP contribution < -0.4 is 10.5 Å². The van der Waals surface area contributed by atoms with Crippen LogP contribution in [0.5, 0.6) is 5.75 Å².